The smallest absolute Gasteiger partial charge is 0.255 e. The highest BCUT2D eigenvalue weighted by molar-refractivity contribution is 5.94. The second-order valence-electron chi connectivity index (χ2n) is 4.59. The molecule has 0 spiro atoms. The lowest BCUT2D eigenvalue weighted by Crippen LogP contribution is -2.34. The van der Waals surface area contributed by atoms with E-state index < -0.39 is 0 Å². The molecule has 0 aromatic carbocycles. The molecular formula is C12H16N2O2. The van der Waals surface area contributed by atoms with Gasteiger partial charge in [-0.15, -0.1) is 0 Å². The van der Waals surface area contributed by atoms with Crippen LogP contribution >= 0.6 is 0 Å². The Bertz CT molecular complexity index is 432. The molecule has 2 heterocycles. The minimum atomic E-state index is -0.181. The van der Waals surface area contributed by atoms with Crippen molar-refractivity contribution in [2.75, 3.05) is 6.54 Å². The maximum absolute atomic E-state index is 12.1. The van der Waals surface area contributed by atoms with Crippen LogP contribution in [0, 0.1) is 5.92 Å². The second kappa shape index (κ2) is 4.12. The summed E-state index contributed by atoms with van der Waals surface area (Å²) < 4.78 is 0. The molecule has 0 bridgehead atoms. The number of nitrogens with one attached hydrogen (secondary N) is 1. The molecule has 0 saturated carbocycles. The average Bonchev–Trinajstić information content (AvgIpc) is 2.58. The van der Waals surface area contributed by atoms with Crippen LogP contribution in [-0.4, -0.2) is 28.4 Å². The highest BCUT2D eigenvalue weighted by atomic mass is 16.2. The molecule has 1 aliphatic rings. The number of H-pyrrole nitrogens is 1. The largest absolute Gasteiger partial charge is 0.336 e. The number of likely N-dealkylation sites (tertiary alicyclic amines) is 1. The summed E-state index contributed by atoms with van der Waals surface area (Å²) in [6.07, 6.45) is 2.54. The second-order valence-corrected chi connectivity index (χ2v) is 4.59. The average molecular weight is 220 g/mol. The number of hydrogen-bond acceptors (Lipinski definition) is 2. The number of carbonyl (C=O) groups is 1. The van der Waals surface area contributed by atoms with E-state index in [2.05, 4.69) is 18.8 Å². The lowest BCUT2D eigenvalue weighted by molar-refractivity contribution is 0.0743. The van der Waals surface area contributed by atoms with E-state index in [1.54, 1.807) is 6.07 Å². The Kier molecular flexibility index (Phi) is 2.81. The predicted molar refractivity (Wildman–Crippen MR) is 61.3 cm³/mol. The molecule has 2 atom stereocenters. The van der Waals surface area contributed by atoms with Crippen molar-refractivity contribution < 1.29 is 4.79 Å². The van der Waals surface area contributed by atoms with Crippen molar-refractivity contribution in [3.05, 3.63) is 34.2 Å². The number of aromatic nitrogens is 1. The van der Waals surface area contributed by atoms with Gasteiger partial charge in [-0.3, -0.25) is 9.59 Å². The van der Waals surface area contributed by atoms with Crippen LogP contribution in [0.25, 0.3) is 0 Å². The van der Waals surface area contributed by atoms with Gasteiger partial charge >= 0.3 is 0 Å². The van der Waals surface area contributed by atoms with E-state index in [1.807, 2.05) is 4.90 Å². The Balaban J connectivity index is 2.19. The van der Waals surface area contributed by atoms with Gasteiger partial charge in [0.25, 0.3) is 5.91 Å². The molecule has 2 unspecified atom stereocenters. The molecule has 1 aromatic heterocycles. The molecule has 1 fully saturated rings. The Morgan fingerprint density at radius 2 is 2.19 bits per heavy atom. The molecule has 4 heteroatoms. The van der Waals surface area contributed by atoms with Crippen molar-refractivity contribution in [2.45, 2.75) is 26.3 Å². The molecule has 0 aliphatic carbocycles. The van der Waals surface area contributed by atoms with Gasteiger partial charge in [0, 0.05) is 24.8 Å². The van der Waals surface area contributed by atoms with Gasteiger partial charge in [-0.1, -0.05) is 6.92 Å². The summed E-state index contributed by atoms with van der Waals surface area (Å²) in [5.41, 5.74) is 0.375. The van der Waals surface area contributed by atoms with Gasteiger partial charge in [0.05, 0.1) is 5.56 Å². The first-order valence-electron chi connectivity index (χ1n) is 5.57. The van der Waals surface area contributed by atoms with Crippen molar-refractivity contribution in [3.63, 3.8) is 0 Å². The number of carbonyl (C=O) groups excluding carboxylic acids is 1. The molecule has 16 heavy (non-hydrogen) atoms. The maximum atomic E-state index is 12.1. The summed E-state index contributed by atoms with van der Waals surface area (Å²) in [6.45, 7) is 5.02. The van der Waals surface area contributed by atoms with Gasteiger partial charge in [0.2, 0.25) is 5.56 Å². The number of rotatable bonds is 1. The van der Waals surface area contributed by atoms with Crippen molar-refractivity contribution in [2.24, 2.45) is 5.92 Å². The zero-order valence-electron chi connectivity index (χ0n) is 9.56. The third-order valence-corrected chi connectivity index (χ3v) is 3.08. The zero-order chi connectivity index (χ0) is 11.7. The van der Waals surface area contributed by atoms with Crippen LogP contribution in [-0.2, 0) is 0 Å². The summed E-state index contributed by atoms with van der Waals surface area (Å²) in [5, 5.41) is 0. The van der Waals surface area contributed by atoms with Gasteiger partial charge < -0.3 is 9.88 Å². The number of hydrogen-bond donors (Lipinski definition) is 1. The van der Waals surface area contributed by atoms with Crippen molar-refractivity contribution in [3.8, 4) is 0 Å². The topological polar surface area (TPSA) is 53.2 Å². The van der Waals surface area contributed by atoms with Crippen molar-refractivity contribution >= 4 is 5.91 Å². The first-order valence-corrected chi connectivity index (χ1v) is 5.57. The molecule has 1 amide bonds. The van der Waals surface area contributed by atoms with E-state index in [9.17, 15) is 9.59 Å². The van der Waals surface area contributed by atoms with E-state index in [1.165, 1.54) is 12.3 Å². The van der Waals surface area contributed by atoms with Crippen LogP contribution in [0.1, 0.15) is 30.6 Å². The Morgan fingerprint density at radius 1 is 1.44 bits per heavy atom. The normalized spacial score (nSPS) is 24.8. The van der Waals surface area contributed by atoms with E-state index >= 15 is 0 Å². The molecule has 4 nitrogen and oxygen atoms in total. The molecule has 1 N–H and O–H groups in total. The van der Waals surface area contributed by atoms with E-state index in [0.717, 1.165) is 13.0 Å². The summed E-state index contributed by atoms with van der Waals surface area (Å²) >= 11 is 0. The summed E-state index contributed by atoms with van der Waals surface area (Å²) in [6, 6.07) is 3.25. The zero-order valence-corrected chi connectivity index (χ0v) is 9.56. The van der Waals surface area contributed by atoms with Crippen LogP contribution in [0.5, 0.6) is 0 Å². The SMILES string of the molecule is CC1CC(C)N(C(=O)c2ccc(=O)[nH]c2)C1. The fraction of sp³-hybridized carbons (Fsp3) is 0.500. The van der Waals surface area contributed by atoms with E-state index in [0.29, 0.717) is 11.5 Å². The minimum Gasteiger partial charge on any atom is -0.336 e. The molecule has 86 valence electrons. The Labute approximate surface area is 94.3 Å². The number of amides is 1. The first kappa shape index (κ1) is 10.9. The van der Waals surface area contributed by atoms with Crippen LogP contribution in [0.2, 0.25) is 0 Å². The maximum Gasteiger partial charge on any atom is 0.255 e. The standard InChI is InChI=1S/C12H16N2O2/c1-8-5-9(2)14(7-8)12(16)10-3-4-11(15)13-6-10/h3-4,6,8-9H,5,7H2,1-2H3,(H,13,15). The number of aromatic amines is 1. The van der Waals surface area contributed by atoms with Crippen molar-refractivity contribution in [1.29, 1.82) is 0 Å². The summed E-state index contributed by atoms with van der Waals surface area (Å²) in [4.78, 5) is 27.4. The van der Waals surface area contributed by atoms with Gasteiger partial charge in [0.1, 0.15) is 0 Å². The predicted octanol–water partition coefficient (Wildman–Crippen LogP) is 1.25. The Morgan fingerprint density at radius 3 is 2.69 bits per heavy atom. The highest BCUT2D eigenvalue weighted by Crippen LogP contribution is 2.23. The lowest BCUT2D eigenvalue weighted by Gasteiger charge is -2.21. The number of nitrogens with zero attached hydrogens (tertiary/aromatic N) is 1. The molecule has 1 saturated heterocycles. The fourth-order valence-corrected chi connectivity index (χ4v) is 2.29. The monoisotopic (exact) mass is 220 g/mol. The van der Waals surface area contributed by atoms with Crippen LogP contribution in [0.3, 0.4) is 0 Å². The van der Waals surface area contributed by atoms with Gasteiger partial charge in [-0.05, 0) is 25.3 Å². The quantitative estimate of drug-likeness (QED) is 0.774. The van der Waals surface area contributed by atoms with Crippen LogP contribution < -0.4 is 5.56 Å². The van der Waals surface area contributed by atoms with E-state index in [4.69, 9.17) is 0 Å². The third kappa shape index (κ3) is 2.01. The van der Waals surface area contributed by atoms with Gasteiger partial charge in [-0.25, -0.2) is 0 Å². The lowest BCUT2D eigenvalue weighted by atomic mass is 10.1. The minimum absolute atomic E-state index is 0.00750. The van der Waals surface area contributed by atoms with Crippen molar-refractivity contribution in [1.82, 2.24) is 9.88 Å². The third-order valence-electron chi connectivity index (χ3n) is 3.08. The fourth-order valence-electron chi connectivity index (χ4n) is 2.29. The van der Waals surface area contributed by atoms with E-state index in [-0.39, 0.29) is 17.5 Å². The Hall–Kier alpha value is -1.58. The molecule has 0 radical (unpaired) electrons. The van der Waals surface area contributed by atoms with Crippen LogP contribution in [0.4, 0.5) is 0 Å². The number of pyridine rings is 1. The van der Waals surface area contributed by atoms with Crippen LogP contribution in [0.15, 0.2) is 23.1 Å². The molecule has 2 rings (SSSR count). The molecule has 1 aromatic rings. The first-order chi connectivity index (χ1) is 7.58. The van der Waals surface area contributed by atoms with Gasteiger partial charge in [-0.2, -0.15) is 0 Å². The molecular weight excluding hydrogens is 204 g/mol. The highest BCUT2D eigenvalue weighted by Gasteiger charge is 2.30. The molecule has 1 aliphatic heterocycles. The summed E-state index contributed by atoms with van der Waals surface area (Å²) in [7, 11) is 0. The van der Waals surface area contributed by atoms with Gasteiger partial charge in [0.15, 0.2) is 0 Å². The summed E-state index contributed by atoms with van der Waals surface area (Å²) in [5.74, 6) is 0.565.